The number of amides is 2. The summed E-state index contributed by atoms with van der Waals surface area (Å²) < 4.78 is 31.8. The Bertz CT molecular complexity index is 1230. The van der Waals surface area contributed by atoms with Gasteiger partial charge < -0.3 is 15.0 Å². The number of halogens is 2. The third-order valence-corrected chi connectivity index (χ3v) is 8.73. The molecular formula is C28H37Cl2N3O5S. The van der Waals surface area contributed by atoms with Gasteiger partial charge in [-0.05, 0) is 75.1 Å². The lowest BCUT2D eigenvalue weighted by atomic mass is 10.1. The number of benzene rings is 2. The molecule has 1 saturated carbocycles. The number of ether oxygens (including phenoxy) is 1. The average Bonchev–Trinajstić information content (AvgIpc) is 3.40. The molecular weight excluding hydrogens is 561 g/mol. The third-order valence-electron chi connectivity index (χ3n) is 6.79. The predicted octanol–water partition coefficient (Wildman–Crippen LogP) is 5.41. The van der Waals surface area contributed by atoms with Gasteiger partial charge in [0.05, 0.1) is 28.6 Å². The quantitative estimate of drug-likeness (QED) is 0.333. The van der Waals surface area contributed by atoms with Crippen LogP contribution in [0.3, 0.4) is 0 Å². The van der Waals surface area contributed by atoms with Crippen molar-refractivity contribution >= 4 is 50.7 Å². The first kappa shape index (κ1) is 31.0. The molecule has 8 nitrogen and oxygen atoms in total. The van der Waals surface area contributed by atoms with E-state index in [0.29, 0.717) is 28.1 Å². The fourth-order valence-corrected chi connectivity index (χ4v) is 5.97. The fourth-order valence-electron chi connectivity index (χ4n) is 4.69. The molecule has 0 spiro atoms. The van der Waals surface area contributed by atoms with Gasteiger partial charge in [-0.25, -0.2) is 8.42 Å². The highest BCUT2D eigenvalue weighted by Crippen LogP contribution is 2.25. The van der Waals surface area contributed by atoms with Gasteiger partial charge in [0.15, 0.2) is 0 Å². The van der Waals surface area contributed by atoms with Crippen LogP contribution < -0.4 is 14.4 Å². The highest BCUT2D eigenvalue weighted by atomic mass is 35.5. The molecule has 0 aliphatic heterocycles. The molecule has 0 heterocycles. The van der Waals surface area contributed by atoms with Gasteiger partial charge in [0, 0.05) is 25.6 Å². The molecule has 0 bridgehead atoms. The van der Waals surface area contributed by atoms with E-state index in [-0.39, 0.29) is 43.8 Å². The van der Waals surface area contributed by atoms with E-state index in [2.05, 4.69) is 5.32 Å². The number of hydrogen-bond acceptors (Lipinski definition) is 5. The van der Waals surface area contributed by atoms with Crippen LogP contribution in [-0.4, -0.2) is 56.6 Å². The predicted molar refractivity (Wildman–Crippen MR) is 156 cm³/mol. The van der Waals surface area contributed by atoms with Crippen molar-refractivity contribution in [3.63, 3.8) is 0 Å². The molecule has 1 aliphatic rings. The molecule has 2 aromatic rings. The normalized spacial score (nSPS) is 14.6. The highest BCUT2D eigenvalue weighted by molar-refractivity contribution is 7.92. The average molecular weight is 599 g/mol. The van der Waals surface area contributed by atoms with Crippen molar-refractivity contribution < 1.29 is 22.7 Å². The van der Waals surface area contributed by atoms with Gasteiger partial charge in [0.1, 0.15) is 11.8 Å². The first-order valence-corrected chi connectivity index (χ1v) is 15.8. The Morgan fingerprint density at radius 3 is 2.33 bits per heavy atom. The molecule has 0 aromatic heterocycles. The Morgan fingerprint density at radius 1 is 1.08 bits per heavy atom. The Balaban J connectivity index is 1.72. The molecule has 0 unspecified atom stereocenters. The van der Waals surface area contributed by atoms with Crippen molar-refractivity contribution in [1.29, 1.82) is 0 Å². The number of anilines is 1. The van der Waals surface area contributed by atoms with E-state index in [4.69, 9.17) is 27.9 Å². The van der Waals surface area contributed by atoms with Gasteiger partial charge in [0.25, 0.3) is 0 Å². The largest absolute Gasteiger partial charge is 0.494 e. The molecule has 1 aliphatic carbocycles. The van der Waals surface area contributed by atoms with E-state index >= 15 is 0 Å². The number of rotatable bonds is 13. The molecule has 39 heavy (non-hydrogen) atoms. The first-order valence-electron chi connectivity index (χ1n) is 13.2. The van der Waals surface area contributed by atoms with Crippen molar-refractivity contribution in [2.45, 2.75) is 71.0 Å². The summed E-state index contributed by atoms with van der Waals surface area (Å²) in [6.07, 6.45) is 5.50. The van der Waals surface area contributed by atoms with Crippen LogP contribution in [0.15, 0.2) is 42.5 Å². The van der Waals surface area contributed by atoms with E-state index in [9.17, 15) is 18.0 Å². The van der Waals surface area contributed by atoms with Crippen LogP contribution in [0.1, 0.15) is 57.9 Å². The zero-order valence-corrected chi connectivity index (χ0v) is 25.0. The minimum Gasteiger partial charge on any atom is -0.494 e. The summed E-state index contributed by atoms with van der Waals surface area (Å²) in [6, 6.07) is 11.3. The van der Waals surface area contributed by atoms with Crippen molar-refractivity contribution in [2.24, 2.45) is 0 Å². The summed E-state index contributed by atoms with van der Waals surface area (Å²) in [5, 5.41) is 3.84. The van der Waals surface area contributed by atoms with Crippen molar-refractivity contribution in [1.82, 2.24) is 10.2 Å². The number of carbonyl (C=O) groups excluding carboxylic acids is 2. The first-order chi connectivity index (χ1) is 18.5. The van der Waals surface area contributed by atoms with Crippen molar-refractivity contribution in [3.8, 4) is 5.75 Å². The van der Waals surface area contributed by atoms with Gasteiger partial charge in [-0.3, -0.25) is 13.9 Å². The third kappa shape index (κ3) is 9.01. The van der Waals surface area contributed by atoms with Crippen LogP contribution >= 0.6 is 23.2 Å². The maximum atomic E-state index is 13.5. The molecule has 1 atom stereocenters. The summed E-state index contributed by atoms with van der Waals surface area (Å²) in [5.41, 5.74) is 1.23. The van der Waals surface area contributed by atoms with Crippen molar-refractivity contribution in [3.05, 3.63) is 58.1 Å². The Labute approximate surface area is 241 Å². The summed E-state index contributed by atoms with van der Waals surface area (Å²) in [4.78, 5) is 28.1. The Kier molecular flexibility index (Phi) is 11.3. The Hall–Kier alpha value is -2.49. The van der Waals surface area contributed by atoms with E-state index in [1.165, 1.54) is 9.21 Å². The van der Waals surface area contributed by atoms with E-state index < -0.39 is 16.1 Å². The van der Waals surface area contributed by atoms with E-state index in [0.717, 1.165) is 37.5 Å². The Morgan fingerprint density at radius 2 is 1.74 bits per heavy atom. The number of nitrogens with zero attached hydrogens (tertiary/aromatic N) is 2. The van der Waals surface area contributed by atoms with Crippen LogP contribution in [0, 0.1) is 0 Å². The van der Waals surface area contributed by atoms with E-state index in [1.807, 2.05) is 6.92 Å². The minimum absolute atomic E-state index is 0.0609. The molecule has 11 heteroatoms. The van der Waals surface area contributed by atoms with Crippen LogP contribution in [0.2, 0.25) is 10.0 Å². The summed E-state index contributed by atoms with van der Waals surface area (Å²) in [7, 11) is -3.59. The van der Waals surface area contributed by atoms with Gasteiger partial charge >= 0.3 is 0 Å². The molecule has 0 saturated heterocycles. The highest BCUT2D eigenvalue weighted by Gasteiger charge is 2.29. The number of hydrogen-bond donors (Lipinski definition) is 1. The molecule has 3 rings (SSSR count). The number of sulfonamides is 1. The number of nitrogens with one attached hydrogen (secondary N) is 1. The molecule has 1 N–H and O–H groups in total. The van der Waals surface area contributed by atoms with Gasteiger partial charge in [0.2, 0.25) is 21.8 Å². The molecule has 2 amide bonds. The SMILES string of the molecule is CCOc1ccc(N(CCCC(=O)N(Cc2ccc(Cl)c(Cl)c2)[C@@H](C)C(=O)NC2CCCC2)S(C)(=O)=O)cc1. The zero-order valence-electron chi connectivity index (χ0n) is 22.7. The molecule has 2 aromatic carbocycles. The monoisotopic (exact) mass is 597 g/mol. The van der Waals surface area contributed by atoms with Crippen LogP contribution in [0.5, 0.6) is 5.75 Å². The second-order valence-electron chi connectivity index (χ2n) is 9.80. The zero-order chi connectivity index (χ0) is 28.6. The lowest BCUT2D eigenvalue weighted by molar-refractivity contribution is -0.141. The van der Waals surface area contributed by atoms with Crippen LogP contribution in [-0.2, 0) is 26.2 Å². The summed E-state index contributed by atoms with van der Waals surface area (Å²) in [6.45, 7) is 4.37. The summed E-state index contributed by atoms with van der Waals surface area (Å²) >= 11 is 12.3. The molecule has 214 valence electrons. The maximum Gasteiger partial charge on any atom is 0.242 e. The second-order valence-corrected chi connectivity index (χ2v) is 12.5. The van der Waals surface area contributed by atoms with Crippen molar-refractivity contribution in [2.75, 3.05) is 23.7 Å². The molecule has 1 fully saturated rings. The standard InChI is InChI=1S/C28H37Cl2N3O5S/c1-4-38-24-14-12-23(13-15-24)33(39(3,36)37)17-7-10-27(34)32(19-21-11-16-25(29)26(30)18-21)20(2)28(35)31-22-8-5-6-9-22/h11-16,18,20,22H,4-10,17,19H2,1-3H3,(H,31,35)/t20-/m0/s1. The smallest absolute Gasteiger partial charge is 0.242 e. The minimum atomic E-state index is -3.59. The van der Waals surface area contributed by atoms with Crippen LogP contribution in [0.4, 0.5) is 5.69 Å². The van der Waals surface area contributed by atoms with Gasteiger partial charge in [-0.1, -0.05) is 42.1 Å². The van der Waals surface area contributed by atoms with E-state index in [1.54, 1.807) is 49.4 Å². The lowest BCUT2D eigenvalue weighted by Crippen LogP contribution is -2.49. The second kappa shape index (κ2) is 14.2. The topological polar surface area (TPSA) is 96.0 Å². The van der Waals surface area contributed by atoms with Gasteiger partial charge in [-0.2, -0.15) is 0 Å². The maximum absolute atomic E-state index is 13.5. The van der Waals surface area contributed by atoms with Crippen LogP contribution in [0.25, 0.3) is 0 Å². The summed E-state index contributed by atoms with van der Waals surface area (Å²) in [5.74, 6) is 0.186. The lowest BCUT2D eigenvalue weighted by Gasteiger charge is -2.30. The fraction of sp³-hybridized carbons (Fsp3) is 0.500. The number of carbonyl (C=O) groups is 2. The molecule has 0 radical (unpaired) electrons. The van der Waals surface area contributed by atoms with Gasteiger partial charge in [-0.15, -0.1) is 0 Å².